The first kappa shape index (κ1) is 13.1. The van der Waals surface area contributed by atoms with E-state index in [2.05, 4.69) is 42.1 Å². The molecule has 0 spiro atoms. The normalized spacial score (nSPS) is 14.8. The molecule has 3 heterocycles. The summed E-state index contributed by atoms with van der Waals surface area (Å²) in [5.74, 6) is 3.21. The lowest BCUT2D eigenvalue weighted by molar-refractivity contribution is -0.658. The highest BCUT2D eigenvalue weighted by molar-refractivity contribution is 6.11. The largest absolute Gasteiger partial charge is 0.454 e. The van der Waals surface area contributed by atoms with Crippen molar-refractivity contribution in [1.82, 2.24) is 0 Å². The third kappa shape index (κ3) is 1.65. The Bertz CT molecular complexity index is 1170. The second-order valence-corrected chi connectivity index (χ2v) is 6.39. The van der Waals surface area contributed by atoms with E-state index in [-0.39, 0.29) is 13.6 Å². The Morgan fingerprint density at radius 1 is 0.800 bits per heavy atom. The minimum absolute atomic E-state index is 0.267. The van der Waals surface area contributed by atoms with E-state index in [9.17, 15) is 0 Å². The van der Waals surface area contributed by atoms with Crippen LogP contribution in [0.3, 0.4) is 0 Å². The summed E-state index contributed by atoms with van der Waals surface area (Å²) < 4.78 is 24.6. The molecule has 0 fully saturated rings. The first-order valence-corrected chi connectivity index (χ1v) is 8.16. The lowest BCUT2D eigenvalue weighted by atomic mass is 10.1. The van der Waals surface area contributed by atoms with Crippen LogP contribution >= 0.6 is 0 Å². The van der Waals surface area contributed by atoms with Crippen molar-refractivity contribution in [2.45, 2.75) is 0 Å². The van der Waals surface area contributed by atoms with Gasteiger partial charge >= 0.3 is 0 Å². The fourth-order valence-corrected chi connectivity index (χ4v) is 3.88. The topological polar surface area (TPSA) is 40.8 Å². The van der Waals surface area contributed by atoms with Crippen molar-refractivity contribution >= 4 is 21.5 Å². The molecule has 0 saturated carbocycles. The molecule has 0 N–H and O–H groups in total. The van der Waals surface area contributed by atoms with Crippen LogP contribution in [0.25, 0.3) is 32.8 Å². The van der Waals surface area contributed by atoms with Crippen molar-refractivity contribution in [3.8, 4) is 34.3 Å². The Labute approximate surface area is 143 Å². The molecule has 0 saturated heterocycles. The lowest BCUT2D eigenvalue weighted by Gasteiger charge is -2.01. The summed E-state index contributed by atoms with van der Waals surface area (Å²) in [6, 6.07) is 12.5. The van der Waals surface area contributed by atoms with Crippen LogP contribution in [-0.2, 0) is 7.05 Å². The molecule has 4 aliphatic rings. The van der Waals surface area contributed by atoms with E-state index in [0.29, 0.717) is 0 Å². The summed E-state index contributed by atoms with van der Waals surface area (Å²) in [6.07, 6.45) is 2.07. The molecule has 0 radical (unpaired) electrons. The number of benzene rings is 2. The van der Waals surface area contributed by atoms with Gasteiger partial charge < -0.3 is 18.9 Å². The first-order chi connectivity index (χ1) is 12.3. The maximum absolute atomic E-state index is 5.77. The van der Waals surface area contributed by atoms with Gasteiger partial charge in [-0.15, -0.1) is 0 Å². The number of nitrogens with zero attached hydrogens (tertiary/aromatic N) is 1. The molecule has 2 aromatic carbocycles. The lowest BCUT2D eigenvalue weighted by Crippen LogP contribution is -2.28. The molecule has 0 amide bonds. The zero-order chi connectivity index (χ0) is 16.5. The van der Waals surface area contributed by atoms with Gasteiger partial charge in [0, 0.05) is 6.07 Å². The minimum Gasteiger partial charge on any atom is -0.454 e. The first-order valence-electron chi connectivity index (χ1n) is 8.16. The second-order valence-electron chi connectivity index (χ2n) is 6.39. The third-order valence-corrected chi connectivity index (χ3v) is 5.03. The van der Waals surface area contributed by atoms with Crippen LogP contribution in [0.4, 0.5) is 0 Å². The predicted molar refractivity (Wildman–Crippen MR) is 91.5 cm³/mol. The fraction of sp³-hybridized carbons (Fsp3) is 0.150. The smallest absolute Gasteiger partial charge is 0.231 e. The molecule has 5 nitrogen and oxygen atoms in total. The fourth-order valence-electron chi connectivity index (χ4n) is 3.88. The van der Waals surface area contributed by atoms with E-state index in [0.717, 1.165) is 55.8 Å². The summed E-state index contributed by atoms with van der Waals surface area (Å²) >= 11 is 0. The molecule has 25 heavy (non-hydrogen) atoms. The zero-order valence-corrected chi connectivity index (χ0v) is 13.5. The molecule has 6 rings (SSSR count). The SMILES string of the molecule is C[n+]1ccc2cc3c(cc2c2cc4ccc5c(c4c1-2)OCO5)OCO3. The second kappa shape index (κ2) is 4.45. The summed E-state index contributed by atoms with van der Waals surface area (Å²) in [5.41, 5.74) is 2.27. The van der Waals surface area contributed by atoms with Gasteiger partial charge in [0.05, 0.1) is 5.56 Å². The van der Waals surface area contributed by atoms with Crippen LogP contribution in [0.2, 0.25) is 0 Å². The maximum atomic E-state index is 5.77. The van der Waals surface area contributed by atoms with E-state index >= 15 is 0 Å². The van der Waals surface area contributed by atoms with Crippen molar-refractivity contribution in [1.29, 1.82) is 0 Å². The van der Waals surface area contributed by atoms with E-state index in [1.807, 2.05) is 12.1 Å². The summed E-state index contributed by atoms with van der Waals surface area (Å²) in [7, 11) is 2.05. The van der Waals surface area contributed by atoms with Crippen LogP contribution in [-0.4, -0.2) is 13.6 Å². The van der Waals surface area contributed by atoms with Crippen LogP contribution in [0.1, 0.15) is 0 Å². The molecule has 0 unspecified atom stereocenters. The summed E-state index contributed by atoms with van der Waals surface area (Å²) in [6.45, 7) is 0.541. The predicted octanol–water partition coefficient (Wildman–Crippen LogP) is 3.38. The average molecular weight is 332 g/mol. The van der Waals surface area contributed by atoms with Gasteiger partial charge in [-0.1, -0.05) is 6.07 Å². The van der Waals surface area contributed by atoms with Gasteiger partial charge in [0.25, 0.3) is 0 Å². The number of aromatic nitrogens is 1. The third-order valence-electron chi connectivity index (χ3n) is 5.03. The molecule has 0 aromatic heterocycles. The van der Waals surface area contributed by atoms with E-state index in [1.165, 1.54) is 0 Å². The molecular formula is C20H14NO4+. The molecule has 3 aliphatic heterocycles. The van der Waals surface area contributed by atoms with Gasteiger partial charge in [-0.25, -0.2) is 4.57 Å². The molecule has 122 valence electrons. The van der Waals surface area contributed by atoms with Crippen molar-refractivity contribution in [3.05, 3.63) is 42.6 Å². The Hall–Kier alpha value is -3.21. The Kier molecular flexibility index (Phi) is 2.33. The summed E-state index contributed by atoms with van der Waals surface area (Å²) in [4.78, 5) is 0. The van der Waals surface area contributed by atoms with Crippen molar-refractivity contribution in [2.24, 2.45) is 7.05 Å². The van der Waals surface area contributed by atoms with Gasteiger partial charge in [0.15, 0.2) is 29.2 Å². The minimum atomic E-state index is 0.267. The van der Waals surface area contributed by atoms with Crippen molar-refractivity contribution in [2.75, 3.05) is 13.6 Å². The molecule has 2 aromatic rings. The Balaban J connectivity index is 1.80. The Morgan fingerprint density at radius 3 is 2.52 bits per heavy atom. The van der Waals surface area contributed by atoms with Gasteiger partial charge in [0.1, 0.15) is 12.4 Å². The monoisotopic (exact) mass is 332 g/mol. The van der Waals surface area contributed by atoms with Crippen LogP contribution in [0.5, 0.6) is 23.0 Å². The quantitative estimate of drug-likeness (QED) is 0.463. The highest BCUT2D eigenvalue weighted by Crippen LogP contribution is 2.47. The van der Waals surface area contributed by atoms with Crippen molar-refractivity contribution < 1.29 is 23.5 Å². The number of fused-ring (bicyclic) bond motifs is 8. The Morgan fingerprint density at radius 2 is 1.60 bits per heavy atom. The zero-order valence-electron chi connectivity index (χ0n) is 13.5. The van der Waals surface area contributed by atoms with Crippen molar-refractivity contribution in [3.63, 3.8) is 0 Å². The maximum Gasteiger partial charge on any atom is 0.231 e. The number of hydrogen-bond acceptors (Lipinski definition) is 4. The van der Waals surface area contributed by atoms with Crippen LogP contribution < -0.4 is 23.5 Å². The number of hydrogen-bond donors (Lipinski definition) is 0. The van der Waals surface area contributed by atoms with Gasteiger partial charge in [-0.05, 0) is 40.4 Å². The molecule has 0 atom stereocenters. The molecular weight excluding hydrogens is 318 g/mol. The highest BCUT2D eigenvalue weighted by atomic mass is 16.7. The molecule has 5 heteroatoms. The standard InChI is InChI=1S/C20H14NO4/c1-21-5-4-11-7-16-17(24-9-23-16)8-13(11)14-6-12-2-3-15-20(25-10-22-15)18(12)19(14)21/h2-8H,9-10H2,1H3/q+1. The summed E-state index contributed by atoms with van der Waals surface area (Å²) in [5, 5.41) is 4.46. The highest BCUT2D eigenvalue weighted by Gasteiger charge is 2.29. The number of aryl methyl sites for hydroxylation is 1. The molecule has 0 bridgehead atoms. The van der Waals surface area contributed by atoms with E-state index in [1.54, 1.807) is 0 Å². The van der Waals surface area contributed by atoms with E-state index in [4.69, 9.17) is 18.9 Å². The van der Waals surface area contributed by atoms with Gasteiger partial charge in [-0.2, -0.15) is 0 Å². The average Bonchev–Trinajstić information content (AvgIpc) is 3.32. The number of rotatable bonds is 0. The number of ether oxygens (including phenoxy) is 4. The van der Waals surface area contributed by atoms with Gasteiger partial charge in [0.2, 0.25) is 19.3 Å². The van der Waals surface area contributed by atoms with Gasteiger partial charge in [-0.3, -0.25) is 0 Å². The van der Waals surface area contributed by atoms with Crippen LogP contribution in [0, 0.1) is 0 Å². The van der Waals surface area contributed by atoms with E-state index < -0.39 is 0 Å². The molecule has 1 aliphatic carbocycles. The van der Waals surface area contributed by atoms with Crippen LogP contribution in [0.15, 0.2) is 42.6 Å².